The van der Waals surface area contributed by atoms with Crippen LogP contribution >= 0.6 is 0 Å². The summed E-state index contributed by atoms with van der Waals surface area (Å²) in [5.74, 6) is 0. The predicted octanol–water partition coefficient (Wildman–Crippen LogP) is 9.38. The van der Waals surface area contributed by atoms with Gasteiger partial charge in [-0.25, -0.2) is 0 Å². The molecule has 0 N–H and O–H groups in total. The van der Waals surface area contributed by atoms with Gasteiger partial charge in [0.25, 0.3) is 0 Å². The highest BCUT2D eigenvalue weighted by atomic mass is 16.3. The van der Waals surface area contributed by atoms with Gasteiger partial charge in [0.05, 0.1) is 22.4 Å². The van der Waals surface area contributed by atoms with Crippen LogP contribution in [0.25, 0.3) is 71.3 Å². The summed E-state index contributed by atoms with van der Waals surface area (Å²) in [7, 11) is 0. The van der Waals surface area contributed by atoms with Crippen LogP contribution in [0.2, 0.25) is 0 Å². The first-order valence-corrected chi connectivity index (χ1v) is 15.7. The quantitative estimate of drug-likeness (QED) is 0.183. The lowest BCUT2D eigenvalue weighted by Gasteiger charge is -2.43. The van der Waals surface area contributed by atoms with E-state index in [0.717, 1.165) is 27.6 Å². The number of para-hydroxylation sites is 4. The Morgan fingerprint density at radius 3 is 2.24 bits per heavy atom. The highest BCUT2D eigenvalue weighted by molar-refractivity contribution is 6.94. The Morgan fingerprint density at radius 1 is 0.578 bits per heavy atom. The van der Waals surface area contributed by atoms with Crippen molar-refractivity contribution in [2.24, 2.45) is 0 Å². The van der Waals surface area contributed by atoms with Crippen molar-refractivity contribution in [2.45, 2.75) is 6.92 Å². The third-order valence-corrected chi connectivity index (χ3v) is 10.3. The molecule has 0 saturated heterocycles. The van der Waals surface area contributed by atoms with E-state index in [2.05, 4.69) is 150 Å². The number of aromatic nitrogens is 1. The molecule has 0 aliphatic carbocycles. The number of nitrogens with zero attached hydrogens (tertiary/aromatic N) is 2. The zero-order chi connectivity index (χ0) is 29.4. The molecule has 0 unspecified atom stereocenters. The van der Waals surface area contributed by atoms with Crippen LogP contribution in [0.15, 0.2) is 138 Å². The van der Waals surface area contributed by atoms with Gasteiger partial charge in [0.2, 0.25) is 0 Å². The summed E-state index contributed by atoms with van der Waals surface area (Å²) in [5.41, 5.74) is 14.4. The van der Waals surface area contributed by atoms with Crippen LogP contribution in [-0.2, 0) is 0 Å². The van der Waals surface area contributed by atoms with E-state index in [1.807, 2.05) is 0 Å². The van der Waals surface area contributed by atoms with Crippen LogP contribution < -0.4 is 15.7 Å². The third kappa shape index (κ3) is 2.83. The van der Waals surface area contributed by atoms with Gasteiger partial charge in [-0.3, -0.25) is 0 Å². The maximum absolute atomic E-state index is 6.83. The second-order valence-electron chi connectivity index (χ2n) is 12.5. The van der Waals surface area contributed by atoms with Crippen molar-refractivity contribution < 1.29 is 4.42 Å². The summed E-state index contributed by atoms with van der Waals surface area (Å²) in [4.78, 5) is 2.59. The lowest BCUT2D eigenvalue weighted by Crippen LogP contribution is -2.60. The largest absolute Gasteiger partial charge is 0.454 e. The zero-order valence-corrected chi connectivity index (χ0v) is 24.6. The summed E-state index contributed by atoms with van der Waals surface area (Å²) in [5, 5.41) is 7.40. The summed E-state index contributed by atoms with van der Waals surface area (Å²) >= 11 is 0. The van der Waals surface area contributed by atoms with Crippen LogP contribution in [0.1, 0.15) is 5.56 Å². The molecule has 4 heteroatoms. The number of hydrogen-bond acceptors (Lipinski definition) is 2. The van der Waals surface area contributed by atoms with Crippen molar-refractivity contribution in [2.75, 3.05) is 4.81 Å². The molecule has 11 rings (SSSR count). The van der Waals surface area contributed by atoms with Crippen LogP contribution in [-0.4, -0.2) is 11.4 Å². The van der Waals surface area contributed by atoms with E-state index in [0.29, 0.717) is 0 Å². The summed E-state index contributed by atoms with van der Waals surface area (Å²) in [6.07, 6.45) is 0. The number of rotatable bonds is 1. The second kappa shape index (κ2) is 8.25. The van der Waals surface area contributed by atoms with Gasteiger partial charge in [-0.2, -0.15) is 0 Å². The molecule has 0 amide bonds. The van der Waals surface area contributed by atoms with E-state index in [4.69, 9.17) is 4.42 Å². The van der Waals surface area contributed by atoms with E-state index in [1.165, 1.54) is 71.6 Å². The smallest absolute Gasteiger partial charge is 0.333 e. The molecule has 2 aliphatic rings. The molecule has 4 heterocycles. The van der Waals surface area contributed by atoms with E-state index in [1.54, 1.807) is 0 Å². The van der Waals surface area contributed by atoms with Gasteiger partial charge in [-0.1, -0.05) is 103 Å². The average Bonchev–Trinajstić information content (AvgIpc) is 3.63. The fourth-order valence-corrected chi connectivity index (χ4v) is 8.46. The van der Waals surface area contributed by atoms with E-state index in [9.17, 15) is 0 Å². The van der Waals surface area contributed by atoms with Gasteiger partial charge in [0.1, 0.15) is 5.58 Å². The van der Waals surface area contributed by atoms with Gasteiger partial charge in [0, 0.05) is 38.2 Å². The number of aryl methyl sites for hydroxylation is 1. The van der Waals surface area contributed by atoms with Gasteiger partial charge >= 0.3 is 6.85 Å². The Hall–Kier alpha value is -5.74. The minimum Gasteiger partial charge on any atom is -0.454 e. The lowest BCUT2D eigenvalue weighted by atomic mass is 9.43. The molecule has 2 aromatic heterocycles. The van der Waals surface area contributed by atoms with E-state index in [-0.39, 0.29) is 6.85 Å². The number of hydrogen-bond donors (Lipinski definition) is 0. The average molecular weight is 572 g/mol. The van der Waals surface area contributed by atoms with E-state index >= 15 is 0 Å². The molecule has 7 aromatic carbocycles. The highest BCUT2D eigenvalue weighted by Crippen LogP contribution is 2.50. The van der Waals surface area contributed by atoms with Crippen LogP contribution in [0.4, 0.5) is 11.4 Å². The Balaban J connectivity index is 1.42. The molecular weight excluding hydrogens is 547 g/mol. The minimum absolute atomic E-state index is 0.0486. The number of anilines is 2. The molecule has 0 bridgehead atoms. The SMILES string of the molecule is Cc1ccccc1N1B2c3c(cc4ccccc4c3-n3c4ccccc4c4cccc2c43)-c2ccc3c(oc4ccccc43)c21. The van der Waals surface area contributed by atoms with Crippen LogP contribution in [0, 0.1) is 6.92 Å². The highest BCUT2D eigenvalue weighted by Gasteiger charge is 2.45. The monoisotopic (exact) mass is 572 g/mol. The second-order valence-corrected chi connectivity index (χ2v) is 12.5. The van der Waals surface area contributed by atoms with Gasteiger partial charge in [0.15, 0.2) is 5.58 Å². The maximum Gasteiger partial charge on any atom is 0.333 e. The predicted molar refractivity (Wildman–Crippen MR) is 189 cm³/mol. The van der Waals surface area contributed by atoms with E-state index < -0.39 is 0 Å². The lowest BCUT2D eigenvalue weighted by molar-refractivity contribution is 0.669. The Labute approximate surface area is 259 Å². The number of furan rings is 1. The van der Waals surface area contributed by atoms with Crippen molar-refractivity contribution in [3.8, 4) is 16.8 Å². The minimum atomic E-state index is -0.0486. The zero-order valence-electron chi connectivity index (χ0n) is 24.6. The first kappa shape index (κ1) is 23.7. The Bertz CT molecular complexity index is 2750. The van der Waals surface area contributed by atoms with Gasteiger partial charge in [-0.15, -0.1) is 0 Å². The molecule has 0 atom stereocenters. The Morgan fingerprint density at radius 2 is 1.33 bits per heavy atom. The van der Waals surface area contributed by atoms with Crippen molar-refractivity contribution in [1.82, 2.24) is 4.57 Å². The van der Waals surface area contributed by atoms with Crippen molar-refractivity contribution in [1.29, 1.82) is 0 Å². The van der Waals surface area contributed by atoms with Crippen molar-refractivity contribution >= 4 is 83.7 Å². The van der Waals surface area contributed by atoms with Crippen molar-refractivity contribution in [3.05, 3.63) is 139 Å². The Kier molecular flexibility index (Phi) is 4.34. The summed E-state index contributed by atoms with van der Waals surface area (Å²) < 4.78 is 9.38. The number of fused-ring (bicyclic) bond motifs is 13. The third-order valence-electron chi connectivity index (χ3n) is 10.3. The first-order valence-electron chi connectivity index (χ1n) is 15.7. The molecule has 9 aromatic rings. The van der Waals surface area contributed by atoms with Crippen LogP contribution in [0.5, 0.6) is 0 Å². The fraction of sp³-hybridized carbons (Fsp3) is 0.0244. The summed E-state index contributed by atoms with van der Waals surface area (Å²) in [6.45, 7) is 2.18. The maximum atomic E-state index is 6.83. The molecule has 2 aliphatic heterocycles. The molecular formula is C41H25BN2O. The van der Waals surface area contributed by atoms with Crippen molar-refractivity contribution in [3.63, 3.8) is 0 Å². The fourth-order valence-electron chi connectivity index (χ4n) is 8.46. The van der Waals surface area contributed by atoms with Crippen LogP contribution in [0.3, 0.4) is 0 Å². The van der Waals surface area contributed by atoms with Gasteiger partial charge in [-0.05, 0) is 64.7 Å². The first-order chi connectivity index (χ1) is 22.3. The molecule has 3 nitrogen and oxygen atoms in total. The van der Waals surface area contributed by atoms with Gasteiger partial charge < -0.3 is 13.8 Å². The molecule has 45 heavy (non-hydrogen) atoms. The normalized spacial score (nSPS) is 13.4. The molecule has 208 valence electrons. The molecule has 0 radical (unpaired) electrons. The molecule has 0 spiro atoms. The topological polar surface area (TPSA) is 21.3 Å². The number of benzene rings is 7. The molecule has 0 saturated carbocycles. The standard InChI is InChI=1S/C41H25BN2O/c1-24-11-2-7-18-34(24)44-40-30(21-22-31-28-15-6-9-20-36(28)45-41(31)40)32-23-25-12-3-4-13-26(25)39-37(32)42(44)33-17-10-16-29-27-14-5-8-19-35(27)43(39)38(29)33/h2-23H,1H3. The molecule has 0 fully saturated rings. The summed E-state index contributed by atoms with van der Waals surface area (Å²) in [6, 6.07) is 48.9.